The van der Waals surface area contributed by atoms with Crippen LogP contribution in [-0.4, -0.2) is 31.4 Å². The Morgan fingerprint density at radius 2 is 1.52 bits per heavy atom. The van der Waals surface area contributed by atoms with Gasteiger partial charge >= 0.3 is 19.5 Å². The van der Waals surface area contributed by atoms with Crippen molar-refractivity contribution in [1.29, 1.82) is 0 Å². The molecule has 0 aliphatic rings. The SMILES string of the molecule is CC(C)(C)C(=O)OCOP(=O)(OCOC(=O)C(C)(C)C)C(C(=O)NC=Cc1ccc(F)c(F)c1)c1csc2ccc(Cl)cc12. The molecule has 1 atom stereocenters. The van der Waals surface area contributed by atoms with Gasteiger partial charge in [0, 0.05) is 15.9 Å². The number of esters is 2. The molecular weight excluding hydrogens is 639 g/mol. The molecule has 14 heteroatoms. The molecule has 3 aromatic rings. The molecule has 1 amide bonds. The van der Waals surface area contributed by atoms with Gasteiger partial charge in [-0.3, -0.25) is 28.0 Å². The molecule has 0 radical (unpaired) electrons. The summed E-state index contributed by atoms with van der Waals surface area (Å²) in [5, 5.41) is 4.86. The van der Waals surface area contributed by atoms with Crippen molar-refractivity contribution in [3.05, 3.63) is 75.8 Å². The number of thiophene rings is 1. The maximum atomic E-state index is 14.5. The van der Waals surface area contributed by atoms with Gasteiger partial charge in [0.25, 0.3) is 0 Å². The second kappa shape index (κ2) is 14.3. The molecule has 238 valence electrons. The topological polar surface area (TPSA) is 117 Å². The molecule has 0 aliphatic heterocycles. The fraction of sp³-hybridized carbons (Fsp3) is 0.367. The highest BCUT2D eigenvalue weighted by atomic mass is 35.5. The summed E-state index contributed by atoms with van der Waals surface area (Å²) < 4.78 is 63.6. The Balaban J connectivity index is 2.02. The zero-order chi connectivity index (χ0) is 32.9. The first-order chi connectivity index (χ1) is 20.4. The van der Waals surface area contributed by atoms with E-state index in [1.54, 1.807) is 65.1 Å². The van der Waals surface area contributed by atoms with E-state index in [2.05, 4.69) is 5.32 Å². The number of ether oxygens (including phenoxy) is 2. The number of carbonyl (C=O) groups is 3. The zero-order valence-corrected chi connectivity index (χ0v) is 27.4. The third kappa shape index (κ3) is 9.18. The minimum absolute atomic E-state index is 0.207. The molecule has 9 nitrogen and oxygen atoms in total. The second-order valence-electron chi connectivity index (χ2n) is 11.6. The minimum atomic E-state index is -4.68. The third-order valence-electron chi connectivity index (χ3n) is 5.94. The zero-order valence-electron chi connectivity index (χ0n) is 24.9. The summed E-state index contributed by atoms with van der Waals surface area (Å²) in [5.41, 5.74) is -3.09. The van der Waals surface area contributed by atoms with Crippen LogP contribution in [0.4, 0.5) is 8.78 Å². The molecule has 1 unspecified atom stereocenters. The van der Waals surface area contributed by atoms with E-state index in [1.807, 2.05) is 0 Å². The maximum absolute atomic E-state index is 14.5. The Labute approximate surface area is 263 Å². The van der Waals surface area contributed by atoms with E-state index in [1.165, 1.54) is 23.5 Å². The van der Waals surface area contributed by atoms with E-state index < -0.39 is 67.2 Å². The van der Waals surface area contributed by atoms with Gasteiger partial charge in [-0.2, -0.15) is 0 Å². The van der Waals surface area contributed by atoms with E-state index in [0.717, 1.165) is 18.3 Å². The molecule has 0 bridgehead atoms. The van der Waals surface area contributed by atoms with Gasteiger partial charge in [-0.15, -0.1) is 11.3 Å². The highest BCUT2D eigenvalue weighted by Gasteiger charge is 2.45. The van der Waals surface area contributed by atoms with Crippen LogP contribution in [0, 0.1) is 22.5 Å². The van der Waals surface area contributed by atoms with Crippen molar-refractivity contribution in [3.8, 4) is 0 Å². The van der Waals surface area contributed by atoms with Gasteiger partial charge in [-0.1, -0.05) is 17.7 Å². The van der Waals surface area contributed by atoms with Crippen LogP contribution in [0.5, 0.6) is 0 Å². The summed E-state index contributed by atoms with van der Waals surface area (Å²) in [7, 11) is -4.68. The summed E-state index contributed by atoms with van der Waals surface area (Å²) >= 11 is 7.47. The van der Waals surface area contributed by atoms with Crippen LogP contribution in [0.2, 0.25) is 5.02 Å². The lowest BCUT2D eigenvalue weighted by Gasteiger charge is -2.27. The number of hydrogen-bond donors (Lipinski definition) is 1. The predicted molar refractivity (Wildman–Crippen MR) is 164 cm³/mol. The first kappa shape index (κ1) is 35.3. The Kier molecular flexibility index (Phi) is 11.5. The molecule has 2 aromatic carbocycles. The Morgan fingerprint density at radius 3 is 2.07 bits per heavy atom. The molecule has 0 aliphatic carbocycles. The van der Waals surface area contributed by atoms with Crippen molar-refractivity contribution in [2.75, 3.05) is 13.6 Å². The average molecular weight is 672 g/mol. The molecule has 0 saturated carbocycles. The van der Waals surface area contributed by atoms with Crippen LogP contribution in [0.3, 0.4) is 0 Å². The first-order valence-corrected chi connectivity index (χ1v) is 16.1. The number of rotatable bonds is 11. The van der Waals surface area contributed by atoms with Crippen molar-refractivity contribution in [2.24, 2.45) is 10.8 Å². The van der Waals surface area contributed by atoms with E-state index in [0.29, 0.717) is 15.1 Å². The largest absolute Gasteiger partial charge is 0.438 e. The van der Waals surface area contributed by atoms with Gasteiger partial charge in [-0.05, 0) is 99.8 Å². The summed E-state index contributed by atoms with van der Waals surface area (Å²) in [6.07, 6.45) is 2.44. The first-order valence-electron chi connectivity index (χ1n) is 13.2. The molecule has 44 heavy (non-hydrogen) atoms. The van der Waals surface area contributed by atoms with Crippen molar-refractivity contribution < 1.29 is 46.3 Å². The Hall–Kier alpha value is -3.15. The fourth-order valence-electron chi connectivity index (χ4n) is 3.53. The lowest BCUT2D eigenvalue weighted by molar-refractivity contribution is -0.162. The maximum Gasteiger partial charge on any atom is 0.353 e. The van der Waals surface area contributed by atoms with E-state index >= 15 is 0 Å². The van der Waals surface area contributed by atoms with E-state index in [-0.39, 0.29) is 11.1 Å². The molecule has 1 aromatic heterocycles. The summed E-state index contributed by atoms with van der Waals surface area (Å²) in [6.45, 7) is 7.93. The lowest BCUT2D eigenvalue weighted by atomic mass is 9.98. The number of halogens is 3. The summed E-state index contributed by atoms with van der Waals surface area (Å²) in [4.78, 5) is 38.5. The van der Waals surface area contributed by atoms with Crippen LogP contribution in [0.15, 0.2) is 48.0 Å². The van der Waals surface area contributed by atoms with Gasteiger partial charge in [0.05, 0.1) is 10.8 Å². The fourth-order valence-corrected chi connectivity index (χ4v) is 6.46. The quantitative estimate of drug-likeness (QED) is 0.124. The van der Waals surface area contributed by atoms with E-state index in [4.69, 9.17) is 30.1 Å². The minimum Gasteiger partial charge on any atom is -0.438 e. The summed E-state index contributed by atoms with van der Waals surface area (Å²) in [6, 6.07) is 8.07. The van der Waals surface area contributed by atoms with Crippen molar-refractivity contribution in [2.45, 2.75) is 47.2 Å². The standard InChI is InChI=1S/C30H33ClF2NO8PS/c1-29(2,3)27(36)39-16-41-43(38,42-17-40-28(37)30(4,5)6)25(21-15-44-24-10-8-19(31)14-20(21)24)26(35)34-12-11-18-7-9-22(32)23(33)13-18/h7-15,25H,16-17H2,1-6H3,(H,34,35). The molecule has 1 N–H and O–H groups in total. The Morgan fingerprint density at radius 1 is 0.932 bits per heavy atom. The predicted octanol–water partition coefficient (Wildman–Crippen LogP) is 7.98. The molecule has 0 saturated heterocycles. The van der Waals surface area contributed by atoms with Crippen molar-refractivity contribution in [3.63, 3.8) is 0 Å². The van der Waals surface area contributed by atoms with Gasteiger partial charge in [0.1, 0.15) is 0 Å². The van der Waals surface area contributed by atoms with E-state index in [9.17, 15) is 27.7 Å². The normalized spacial score (nSPS) is 13.2. The number of hydrogen-bond acceptors (Lipinski definition) is 9. The highest BCUT2D eigenvalue weighted by molar-refractivity contribution is 7.55. The number of carbonyl (C=O) groups excluding carboxylic acids is 3. The number of amides is 1. The smallest absolute Gasteiger partial charge is 0.353 e. The number of nitrogens with one attached hydrogen (secondary N) is 1. The van der Waals surface area contributed by atoms with Gasteiger partial charge in [0.2, 0.25) is 19.5 Å². The van der Waals surface area contributed by atoms with Crippen LogP contribution in [-0.2, 0) is 37.5 Å². The Bertz CT molecular complexity index is 1580. The molecule has 1 heterocycles. The summed E-state index contributed by atoms with van der Waals surface area (Å²) in [5.74, 6) is -4.36. The van der Waals surface area contributed by atoms with Crippen LogP contribution in [0.1, 0.15) is 58.3 Å². The van der Waals surface area contributed by atoms with Crippen molar-refractivity contribution in [1.82, 2.24) is 5.32 Å². The third-order valence-corrected chi connectivity index (χ3v) is 9.23. The van der Waals surface area contributed by atoms with Crippen LogP contribution in [0.25, 0.3) is 16.2 Å². The monoisotopic (exact) mass is 671 g/mol. The molecule has 0 fully saturated rings. The van der Waals surface area contributed by atoms with Crippen molar-refractivity contribution >= 4 is 64.5 Å². The van der Waals surface area contributed by atoms with Crippen LogP contribution >= 0.6 is 30.5 Å². The van der Waals surface area contributed by atoms with Gasteiger partial charge < -0.3 is 14.8 Å². The molecule has 0 spiro atoms. The molecular formula is C30H33ClF2NO8PS. The van der Waals surface area contributed by atoms with Gasteiger partial charge in [0.15, 0.2) is 17.3 Å². The number of fused-ring (bicyclic) bond motifs is 1. The van der Waals surface area contributed by atoms with Gasteiger partial charge in [-0.25, -0.2) is 8.78 Å². The lowest BCUT2D eigenvalue weighted by Crippen LogP contribution is -2.29. The average Bonchev–Trinajstić information content (AvgIpc) is 3.32. The second-order valence-corrected chi connectivity index (χ2v) is 15.1. The highest BCUT2D eigenvalue weighted by Crippen LogP contribution is 2.62. The van der Waals surface area contributed by atoms with Crippen LogP contribution < -0.4 is 5.32 Å². The number of benzene rings is 2. The molecule has 3 rings (SSSR count).